The van der Waals surface area contributed by atoms with Crippen molar-refractivity contribution in [1.29, 1.82) is 0 Å². The first-order chi connectivity index (χ1) is 7.67. The molecule has 0 bridgehead atoms. The number of nitrogens with zero attached hydrogens (tertiary/aromatic N) is 1. The van der Waals surface area contributed by atoms with Crippen LogP contribution in [0.3, 0.4) is 0 Å². The summed E-state index contributed by atoms with van der Waals surface area (Å²) in [5, 5.41) is 3.49. The summed E-state index contributed by atoms with van der Waals surface area (Å²) >= 11 is 0. The van der Waals surface area contributed by atoms with E-state index in [4.69, 9.17) is 4.74 Å². The van der Waals surface area contributed by atoms with E-state index >= 15 is 0 Å². The van der Waals surface area contributed by atoms with Gasteiger partial charge in [-0.05, 0) is 31.3 Å². The normalized spacial score (nSPS) is 29.2. The molecule has 1 saturated heterocycles. The van der Waals surface area contributed by atoms with Crippen molar-refractivity contribution in [2.24, 2.45) is 11.8 Å². The number of methoxy groups -OCH3 is 1. The Morgan fingerprint density at radius 1 is 1.38 bits per heavy atom. The molecule has 0 aromatic carbocycles. The molecule has 1 fully saturated rings. The summed E-state index contributed by atoms with van der Waals surface area (Å²) in [5.41, 5.74) is 0. The third-order valence-corrected chi connectivity index (χ3v) is 3.76. The van der Waals surface area contributed by atoms with Crippen molar-refractivity contribution in [2.75, 3.05) is 39.9 Å². The lowest BCUT2D eigenvalue weighted by molar-refractivity contribution is 0.0983. The minimum Gasteiger partial charge on any atom is -0.383 e. The Kier molecular flexibility index (Phi) is 6.32. The fourth-order valence-corrected chi connectivity index (χ4v) is 2.49. The molecular weight excluding hydrogens is 200 g/mol. The molecule has 0 saturated carbocycles. The smallest absolute Gasteiger partial charge is 0.0628 e. The average Bonchev–Trinajstić information content (AvgIpc) is 2.24. The van der Waals surface area contributed by atoms with Gasteiger partial charge >= 0.3 is 0 Å². The van der Waals surface area contributed by atoms with Crippen LogP contribution >= 0.6 is 0 Å². The zero-order valence-electron chi connectivity index (χ0n) is 11.3. The minimum absolute atomic E-state index is 0.482. The molecule has 0 spiro atoms. The van der Waals surface area contributed by atoms with Crippen molar-refractivity contribution in [3.05, 3.63) is 0 Å². The molecule has 1 heterocycles. The van der Waals surface area contributed by atoms with Crippen molar-refractivity contribution in [3.63, 3.8) is 0 Å². The standard InChI is InChI=1S/C13H28N2O/c1-5-14-13(10-16-4)9-15-7-6-11(2)12(3)8-15/h11-14H,5-10H2,1-4H3. The lowest BCUT2D eigenvalue weighted by Crippen LogP contribution is -2.48. The molecule has 3 heteroatoms. The Hall–Kier alpha value is -0.120. The first kappa shape index (κ1) is 13.9. The predicted octanol–water partition coefficient (Wildman–Crippen LogP) is 1.59. The largest absolute Gasteiger partial charge is 0.383 e. The zero-order valence-corrected chi connectivity index (χ0v) is 11.3. The van der Waals surface area contributed by atoms with Gasteiger partial charge in [0.05, 0.1) is 6.61 Å². The van der Waals surface area contributed by atoms with Gasteiger partial charge in [0.15, 0.2) is 0 Å². The Bertz CT molecular complexity index is 181. The monoisotopic (exact) mass is 228 g/mol. The van der Waals surface area contributed by atoms with E-state index in [-0.39, 0.29) is 0 Å². The molecule has 3 atom stereocenters. The zero-order chi connectivity index (χ0) is 12.0. The Morgan fingerprint density at radius 2 is 2.12 bits per heavy atom. The van der Waals surface area contributed by atoms with Gasteiger partial charge in [-0.3, -0.25) is 0 Å². The molecule has 1 N–H and O–H groups in total. The van der Waals surface area contributed by atoms with Crippen molar-refractivity contribution in [2.45, 2.75) is 33.2 Å². The molecule has 0 aliphatic carbocycles. The number of piperidine rings is 1. The number of nitrogens with one attached hydrogen (secondary N) is 1. The molecule has 1 aliphatic heterocycles. The summed E-state index contributed by atoms with van der Waals surface area (Å²) < 4.78 is 5.26. The molecule has 0 amide bonds. The molecule has 3 unspecified atom stereocenters. The molecule has 0 aromatic rings. The summed E-state index contributed by atoms with van der Waals surface area (Å²) in [7, 11) is 1.78. The van der Waals surface area contributed by atoms with Crippen LogP contribution in [0.4, 0.5) is 0 Å². The van der Waals surface area contributed by atoms with Gasteiger partial charge in [0.25, 0.3) is 0 Å². The number of likely N-dealkylation sites (tertiary alicyclic amines) is 1. The van der Waals surface area contributed by atoms with Crippen molar-refractivity contribution in [3.8, 4) is 0 Å². The Balaban J connectivity index is 2.33. The van der Waals surface area contributed by atoms with Crippen LogP contribution < -0.4 is 5.32 Å². The van der Waals surface area contributed by atoms with Gasteiger partial charge in [0.2, 0.25) is 0 Å². The number of hydrogen-bond donors (Lipinski definition) is 1. The second-order valence-electron chi connectivity index (χ2n) is 5.21. The van der Waals surface area contributed by atoms with Crippen LogP contribution in [-0.2, 0) is 4.74 Å². The van der Waals surface area contributed by atoms with Crippen LogP contribution in [0.2, 0.25) is 0 Å². The van der Waals surface area contributed by atoms with Gasteiger partial charge in [-0.2, -0.15) is 0 Å². The number of ether oxygens (including phenoxy) is 1. The van der Waals surface area contributed by atoms with Gasteiger partial charge in [-0.25, -0.2) is 0 Å². The average molecular weight is 228 g/mol. The quantitative estimate of drug-likeness (QED) is 0.747. The summed E-state index contributed by atoms with van der Waals surface area (Å²) in [4.78, 5) is 2.58. The van der Waals surface area contributed by atoms with Crippen LogP contribution in [0.5, 0.6) is 0 Å². The van der Waals surface area contributed by atoms with E-state index in [1.807, 2.05) is 0 Å². The molecule has 3 nitrogen and oxygen atoms in total. The first-order valence-electron chi connectivity index (χ1n) is 6.62. The highest BCUT2D eigenvalue weighted by molar-refractivity contribution is 4.79. The maximum absolute atomic E-state index is 5.26. The summed E-state index contributed by atoms with van der Waals surface area (Å²) in [6.45, 7) is 12.3. The molecule has 0 radical (unpaired) electrons. The fraction of sp³-hybridized carbons (Fsp3) is 1.00. The second kappa shape index (κ2) is 7.25. The first-order valence-corrected chi connectivity index (χ1v) is 6.62. The SMILES string of the molecule is CCNC(COC)CN1CCC(C)C(C)C1. The maximum Gasteiger partial charge on any atom is 0.0628 e. The van der Waals surface area contributed by atoms with Crippen LogP contribution in [0.15, 0.2) is 0 Å². The summed E-state index contributed by atoms with van der Waals surface area (Å²) in [5.74, 6) is 1.72. The van der Waals surface area contributed by atoms with E-state index in [0.717, 1.165) is 31.5 Å². The molecule has 1 aliphatic rings. The molecule has 0 aromatic heterocycles. The topological polar surface area (TPSA) is 24.5 Å². The summed E-state index contributed by atoms with van der Waals surface area (Å²) in [6, 6.07) is 0.482. The van der Waals surface area contributed by atoms with Gasteiger partial charge in [-0.1, -0.05) is 20.8 Å². The van der Waals surface area contributed by atoms with E-state index in [9.17, 15) is 0 Å². The van der Waals surface area contributed by atoms with E-state index in [1.54, 1.807) is 7.11 Å². The van der Waals surface area contributed by atoms with Crippen molar-refractivity contribution >= 4 is 0 Å². The lowest BCUT2D eigenvalue weighted by atomic mass is 9.88. The van der Waals surface area contributed by atoms with Crippen molar-refractivity contribution in [1.82, 2.24) is 10.2 Å². The Morgan fingerprint density at radius 3 is 2.69 bits per heavy atom. The predicted molar refractivity (Wildman–Crippen MR) is 68.7 cm³/mol. The van der Waals surface area contributed by atoms with Gasteiger partial charge < -0.3 is 15.0 Å². The Labute approximate surface area is 101 Å². The third kappa shape index (κ3) is 4.40. The fourth-order valence-electron chi connectivity index (χ4n) is 2.49. The second-order valence-corrected chi connectivity index (χ2v) is 5.21. The van der Waals surface area contributed by atoms with Gasteiger partial charge in [-0.15, -0.1) is 0 Å². The minimum atomic E-state index is 0.482. The van der Waals surface area contributed by atoms with Crippen LogP contribution in [0.1, 0.15) is 27.2 Å². The maximum atomic E-state index is 5.26. The molecule has 1 rings (SSSR count). The highest BCUT2D eigenvalue weighted by Crippen LogP contribution is 2.22. The molecular formula is C13H28N2O. The van der Waals surface area contributed by atoms with Crippen LogP contribution in [-0.4, -0.2) is 50.8 Å². The highest BCUT2D eigenvalue weighted by atomic mass is 16.5. The van der Waals surface area contributed by atoms with Crippen LogP contribution in [0, 0.1) is 11.8 Å². The van der Waals surface area contributed by atoms with E-state index in [1.165, 1.54) is 19.5 Å². The number of rotatable bonds is 6. The highest BCUT2D eigenvalue weighted by Gasteiger charge is 2.24. The van der Waals surface area contributed by atoms with Crippen molar-refractivity contribution < 1.29 is 4.74 Å². The van der Waals surface area contributed by atoms with Gasteiger partial charge in [0, 0.05) is 26.2 Å². The summed E-state index contributed by atoms with van der Waals surface area (Å²) in [6.07, 6.45) is 1.34. The number of likely N-dealkylation sites (N-methyl/N-ethyl adjacent to an activating group) is 1. The van der Waals surface area contributed by atoms with E-state index in [2.05, 4.69) is 31.0 Å². The molecule has 16 heavy (non-hydrogen) atoms. The van der Waals surface area contributed by atoms with Gasteiger partial charge in [0.1, 0.15) is 0 Å². The third-order valence-electron chi connectivity index (χ3n) is 3.76. The lowest BCUT2D eigenvalue weighted by Gasteiger charge is -2.37. The van der Waals surface area contributed by atoms with Crippen LogP contribution in [0.25, 0.3) is 0 Å². The number of hydrogen-bond acceptors (Lipinski definition) is 3. The van der Waals surface area contributed by atoms with E-state index in [0.29, 0.717) is 6.04 Å². The molecule has 96 valence electrons. The van der Waals surface area contributed by atoms with E-state index < -0.39 is 0 Å².